The van der Waals surface area contributed by atoms with Crippen LogP contribution in [0.2, 0.25) is 0 Å². The second kappa shape index (κ2) is 13.9. The van der Waals surface area contributed by atoms with E-state index < -0.39 is 0 Å². The van der Waals surface area contributed by atoms with Crippen molar-refractivity contribution >= 4 is 98.7 Å². The number of halogens is 2. The molecule has 6 rings (SSSR count). The van der Waals surface area contributed by atoms with Gasteiger partial charge in [-0.2, -0.15) is 0 Å². The van der Waals surface area contributed by atoms with E-state index in [2.05, 4.69) is 62.4 Å². The van der Waals surface area contributed by atoms with Crippen molar-refractivity contribution in [1.82, 2.24) is 19.9 Å². The largest absolute Gasteiger partial charge is 1.00 e. The molecule has 6 aromatic rings. The van der Waals surface area contributed by atoms with Crippen LogP contribution in [0.3, 0.4) is 0 Å². The number of amides is 2. The summed E-state index contributed by atoms with van der Waals surface area (Å²) in [6.07, 6.45) is 0. The quantitative estimate of drug-likeness (QED) is 0.110. The molecule has 43 heavy (non-hydrogen) atoms. The molecule has 0 aliphatic carbocycles. The molecular weight excluding hydrogens is 724 g/mol. The number of aryl methyl sites for hydroxylation is 4. The minimum atomic E-state index is -0.0868. The number of hydrogen-bond acceptors (Lipinski definition) is 6. The van der Waals surface area contributed by atoms with Gasteiger partial charge in [0.05, 0.1) is 44.1 Å². The van der Waals surface area contributed by atoms with Crippen molar-refractivity contribution in [1.29, 1.82) is 0 Å². The van der Waals surface area contributed by atoms with Crippen LogP contribution in [0, 0.1) is 27.7 Å². The molecule has 0 aliphatic heterocycles. The fourth-order valence-corrected chi connectivity index (χ4v) is 4.98. The molecule has 0 unspecified atom stereocenters. The molecule has 0 aliphatic rings. The Kier molecular flexibility index (Phi) is 10.4. The predicted octanol–water partition coefficient (Wildman–Crippen LogP) is 7.46. The van der Waals surface area contributed by atoms with Gasteiger partial charge in [0.15, 0.2) is 0 Å². The molecular formula is C32H28Br2CuN6O2+. The molecule has 2 N–H and O–H groups in total. The minimum Gasteiger partial charge on any atom is -0.325 e. The Morgan fingerprint density at radius 3 is 1.23 bits per heavy atom. The third-order valence-electron chi connectivity index (χ3n) is 6.62. The van der Waals surface area contributed by atoms with Gasteiger partial charge in [0, 0.05) is 44.3 Å². The van der Waals surface area contributed by atoms with Crippen LogP contribution in [-0.2, 0) is 26.7 Å². The van der Waals surface area contributed by atoms with Gasteiger partial charge in [-0.05, 0) is 76.2 Å². The normalized spacial score (nSPS) is 10.7. The molecule has 0 saturated carbocycles. The molecule has 0 radical (unpaired) electrons. The number of nitrogens with zero attached hydrogens (tertiary/aromatic N) is 4. The average Bonchev–Trinajstić information content (AvgIpc) is 2.98. The molecule has 0 atom stereocenters. The molecule has 2 aromatic carbocycles. The van der Waals surface area contributed by atoms with Gasteiger partial charge in [0.2, 0.25) is 11.8 Å². The van der Waals surface area contributed by atoms with E-state index in [9.17, 15) is 9.59 Å². The first kappa shape index (κ1) is 32.4. The van der Waals surface area contributed by atoms with Crippen LogP contribution in [0.5, 0.6) is 0 Å². The Morgan fingerprint density at radius 1 is 0.558 bits per heavy atom. The van der Waals surface area contributed by atoms with Crippen LogP contribution in [0.15, 0.2) is 60.7 Å². The van der Waals surface area contributed by atoms with Crippen molar-refractivity contribution in [2.24, 2.45) is 0 Å². The average molecular weight is 752 g/mol. The van der Waals surface area contributed by atoms with E-state index in [4.69, 9.17) is 0 Å². The zero-order valence-electron chi connectivity index (χ0n) is 23.9. The van der Waals surface area contributed by atoms with Crippen LogP contribution in [0.1, 0.15) is 22.8 Å². The Bertz CT molecular complexity index is 1870. The van der Waals surface area contributed by atoms with Gasteiger partial charge in [-0.15, -0.1) is 0 Å². The number of rotatable bonds is 4. The number of fused-ring (bicyclic) bond motifs is 6. The Hall–Kier alpha value is -3.50. The smallest absolute Gasteiger partial charge is 0.325 e. The van der Waals surface area contributed by atoms with Gasteiger partial charge in [0.1, 0.15) is 0 Å². The fourth-order valence-electron chi connectivity index (χ4n) is 4.70. The summed E-state index contributed by atoms with van der Waals surface area (Å²) in [6.45, 7) is 7.82. The number of aromatic nitrogens is 4. The predicted molar refractivity (Wildman–Crippen MR) is 178 cm³/mol. The Morgan fingerprint density at radius 2 is 0.884 bits per heavy atom. The van der Waals surface area contributed by atoms with E-state index in [-0.39, 0.29) is 39.5 Å². The maximum absolute atomic E-state index is 11.7. The zero-order chi connectivity index (χ0) is 30.0. The van der Waals surface area contributed by atoms with Crippen molar-refractivity contribution in [3.63, 3.8) is 0 Å². The van der Waals surface area contributed by atoms with E-state index in [1.165, 1.54) is 0 Å². The zero-order valence-corrected chi connectivity index (χ0v) is 28.0. The molecule has 0 saturated heterocycles. The van der Waals surface area contributed by atoms with E-state index in [1.54, 1.807) is 0 Å². The van der Waals surface area contributed by atoms with Crippen molar-refractivity contribution in [2.45, 2.75) is 27.7 Å². The van der Waals surface area contributed by atoms with Gasteiger partial charge >= 0.3 is 17.1 Å². The van der Waals surface area contributed by atoms with Crippen LogP contribution >= 0.6 is 31.9 Å². The molecule has 4 heterocycles. The minimum absolute atomic E-state index is 0. The van der Waals surface area contributed by atoms with Gasteiger partial charge in [-0.3, -0.25) is 29.5 Å². The molecule has 2 amide bonds. The summed E-state index contributed by atoms with van der Waals surface area (Å²) >= 11 is 6.33. The first-order valence-electron chi connectivity index (χ1n) is 13.2. The Balaban J connectivity index is 0.000000192. The van der Waals surface area contributed by atoms with E-state index in [0.717, 1.165) is 77.8 Å². The number of benzene rings is 2. The van der Waals surface area contributed by atoms with E-state index in [0.29, 0.717) is 0 Å². The second-order valence-corrected chi connectivity index (χ2v) is 11.1. The summed E-state index contributed by atoms with van der Waals surface area (Å²) in [6, 6.07) is 19.6. The van der Waals surface area contributed by atoms with Crippen LogP contribution < -0.4 is 10.6 Å². The van der Waals surface area contributed by atoms with Crippen LogP contribution in [-0.4, -0.2) is 42.4 Å². The van der Waals surface area contributed by atoms with Crippen LogP contribution in [0.4, 0.5) is 11.4 Å². The topological polar surface area (TPSA) is 110 Å². The number of nitrogens with one attached hydrogen (secondary N) is 2. The third kappa shape index (κ3) is 7.18. The molecule has 0 spiro atoms. The monoisotopic (exact) mass is 749 g/mol. The number of anilines is 2. The van der Waals surface area contributed by atoms with Gasteiger partial charge < -0.3 is 10.6 Å². The molecule has 0 bridgehead atoms. The molecule has 222 valence electrons. The number of alkyl halides is 2. The van der Waals surface area contributed by atoms with Crippen molar-refractivity contribution in [3.05, 3.63) is 83.4 Å². The third-order valence-corrected chi connectivity index (χ3v) is 7.64. The van der Waals surface area contributed by atoms with Gasteiger partial charge in [0.25, 0.3) is 0 Å². The first-order valence-corrected chi connectivity index (χ1v) is 15.5. The van der Waals surface area contributed by atoms with Gasteiger partial charge in [-0.25, -0.2) is 0 Å². The summed E-state index contributed by atoms with van der Waals surface area (Å²) < 4.78 is 0. The summed E-state index contributed by atoms with van der Waals surface area (Å²) in [5, 5.41) is 10.1. The van der Waals surface area contributed by atoms with Crippen molar-refractivity contribution in [3.8, 4) is 0 Å². The summed E-state index contributed by atoms with van der Waals surface area (Å²) in [5.41, 5.74) is 8.65. The number of carbonyl (C=O) groups is 2. The summed E-state index contributed by atoms with van der Waals surface area (Å²) in [7, 11) is 0. The fraction of sp³-hybridized carbons (Fsp3) is 0.188. The Labute approximate surface area is 276 Å². The molecule has 8 nitrogen and oxygen atoms in total. The van der Waals surface area contributed by atoms with E-state index >= 15 is 0 Å². The SMILES string of the molecule is Cc1ccc2cc(NC(=O)CBr)c3ccc(C)nc3c2n1.Cc1ccc2cc(NC(=O)CBr)c3ccc(C)nc3c2n1.[Cu+]. The van der Waals surface area contributed by atoms with Crippen LogP contribution in [0.25, 0.3) is 43.6 Å². The maximum atomic E-state index is 11.7. The maximum Gasteiger partial charge on any atom is 1.00 e. The number of pyridine rings is 4. The number of carbonyl (C=O) groups excluding carboxylic acids is 2. The number of hydrogen-bond donors (Lipinski definition) is 2. The van der Waals surface area contributed by atoms with E-state index in [1.807, 2.05) is 88.4 Å². The standard InChI is InChI=1S/2C16H14BrN3O.Cu/c2*1-9-3-5-11-7-13(20-14(21)8-17)12-6-4-10(2)19-16(12)15(11)18-9;/h2*3-7H,8H2,1-2H3,(H,20,21);/q;;+1. The van der Waals surface area contributed by atoms with Gasteiger partial charge in [-0.1, -0.05) is 44.0 Å². The molecule has 0 fully saturated rings. The first-order chi connectivity index (χ1) is 20.2. The molecule has 4 aromatic heterocycles. The molecule has 11 heteroatoms. The summed E-state index contributed by atoms with van der Waals surface area (Å²) in [4.78, 5) is 41.8. The van der Waals surface area contributed by atoms with Crippen molar-refractivity contribution in [2.75, 3.05) is 21.3 Å². The van der Waals surface area contributed by atoms with Crippen molar-refractivity contribution < 1.29 is 26.7 Å². The summed E-state index contributed by atoms with van der Waals surface area (Å²) in [5.74, 6) is -0.174. The second-order valence-electron chi connectivity index (χ2n) is 9.96.